The fourth-order valence-electron chi connectivity index (χ4n) is 3.92. The van der Waals surface area contributed by atoms with Crippen LogP contribution in [0.4, 0.5) is 10.1 Å². The fraction of sp³-hybridized carbons (Fsp3) is 0.435. The van der Waals surface area contributed by atoms with Gasteiger partial charge in [-0.15, -0.1) is 0 Å². The van der Waals surface area contributed by atoms with Crippen molar-refractivity contribution in [2.75, 3.05) is 44.6 Å². The van der Waals surface area contributed by atoms with Gasteiger partial charge >= 0.3 is 0 Å². The summed E-state index contributed by atoms with van der Waals surface area (Å²) < 4.78 is 24.8. The number of ether oxygens (including phenoxy) is 2. The molecule has 172 valence electrons. The Labute approximate surface area is 197 Å². The van der Waals surface area contributed by atoms with Crippen molar-refractivity contribution < 1.29 is 18.7 Å². The Balaban J connectivity index is 1.13. The standard InChI is InChI=1S/C23H26Cl2FN3O3/c24-15-2-5-22-20(10-15)28-12-23(32-22)21(30)14-29-8-6-16(13-29)27-7-1-9-31-17-3-4-18(25)19(26)11-17/h2-5,10-11,16,23,27-28H,1,6-9,12-14H2. The van der Waals surface area contributed by atoms with Crippen LogP contribution >= 0.6 is 23.2 Å². The lowest BCUT2D eigenvalue weighted by Gasteiger charge is -2.28. The molecule has 0 spiro atoms. The summed E-state index contributed by atoms with van der Waals surface area (Å²) in [6.45, 7) is 3.79. The Morgan fingerprint density at radius 1 is 1.28 bits per heavy atom. The van der Waals surface area contributed by atoms with E-state index in [2.05, 4.69) is 15.5 Å². The molecule has 1 fully saturated rings. The third-order valence-electron chi connectivity index (χ3n) is 5.61. The van der Waals surface area contributed by atoms with Gasteiger partial charge in [0, 0.05) is 30.2 Å². The normalized spacial score (nSPS) is 20.3. The summed E-state index contributed by atoms with van der Waals surface area (Å²) in [5, 5.41) is 7.45. The second-order valence-electron chi connectivity index (χ2n) is 8.05. The van der Waals surface area contributed by atoms with Crippen LogP contribution in [0.1, 0.15) is 12.8 Å². The Hall–Kier alpha value is -2.06. The van der Waals surface area contributed by atoms with Crippen molar-refractivity contribution in [3.05, 3.63) is 52.3 Å². The number of benzene rings is 2. The molecular weight excluding hydrogens is 456 g/mol. The van der Waals surface area contributed by atoms with Crippen LogP contribution in [-0.4, -0.2) is 62.2 Å². The molecule has 0 amide bonds. The van der Waals surface area contributed by atoms with Crippen molar-refractivity contribution in [3.63, 3.8) is 0 Å². The first-order chi connectivity index (χ1) is 15.5. The summed E-state index contributed by atoms with van der Waals surface area (Å²) in [5.74, 6) is 0.722. The Morgan fingerprint density at radius 3 is 3.00 bits per heavy atom. The van der Waals surface area contributed by atoms with Gasteiger partial charge in [0.05, 0.1) is 30.4 Å². The molecule has 2 unspecified atom stereocenters. The molecule has 32 heavy (non-hydrogen) atoms. The molecule has 0 bridgehead atoms. The average molecular weight is 482 g/mol. The SMILES string of the molecule is O=C(CN1CCC(NCCCOc2ccc(Cl)c(F)c2)C1)C1CNc2cc(Cl)ccc2O1. The summed E-state index contributed by atoms with van der Waals surface area (Å²) in [7, 11) is 0. The number of hydrogen-bond donors (Lipinski definition) is 2. The Bertz CT molecular complexity index is 962. The summed E-state index contributed by atoms with van der Waals surface area (Å²) in [6.07, 6.45) is 1.29. The maximum atomic E-state index is 13.4. The van der Waals surface area contributed by atoms with Crippen molar-refractivity contribution in [1.82, 2.24) is 10.2 Å². The van der Waals surface area contributed by atoms with Crippen LogP contribution in [0.2, 0.25) is 10.0 Å². The highest BCUT2D eigenvalue weighted by atomic mass is 35.5. The first-order valence-corrected chi connectivity index (χ1v) is 11.5. The van der Waals surface area contributed by atoms with Crippen LogP contribution < -0.4 is 20.1 Å². The third-order valence-corrected chi connectivity index (χ3v) is 6.16. The van der Waals surface area contributed by atoms with Crippen molar-refractivity contribution in [1.29, 1.82) is 0 Å². The minimum absolute atomic E-state index is 0.0716. The zero-order chi connectivity index (χ0) is 22.5. The number of fused-ring (bicyclic) bond motifs is 1. The summed E-state index contributed by atoms with van der Waals surface area (Å²) >= 11 is 11.7. The number of carbonyl (C=O) groups excluding carboxylic acids is 1. The van der Waals surface area contributed by atoms with Gasteiger partial charge in [-0.05, 0) is 49.7 Å². The van der Waals surface area contributed by atoms with Gasteiger partial charge in [0.25, 0.3) is 0 Å². The van der Waals surface area contributed by atoms with E-state index in [-0.39, 0.29) is 10.8 Å². The smallest absolute Gasteiger partial charge is 0.189 e. The average Bonchev–Trinajstić information content (AvgIpc) is 3.22. The number of halogens is 3. The van der Waals surface area contributed by atoms with Gasteiger partial charge in [-0.3, -0.25) is 9.69 Å². The highest BCUT2D eigenvalue weighted by molar-refractivity contribution is 6.31. The summed E-state index contributed by atoms with van der Waals surface area (Å²) in [5.41, 5.74) is 0.817. The van der Waals surface area contributed by atoms with E-state index >= 15 is 0 Å². The van der Waals surface area contributed by atoms with Crippen molar-refractivity contribution in [2.45, 2.75) is 25.0 Å². The zero-order valence-electron chi connectivity index (χ0n) is 17.6. The van der Waals surface area contributed by atoms with Crippen LogP contribution in [0.5, 0.6) is 11.5 Å². The molecule has 0 aliphatic carbocycles. The maximum Gasteiger partial charge on any atom is 0.189 e. The summed E-state index contributed by atoms with van der Waals surface area (Å²) in [6, 6.07) is 10.1. The van der Waals surface area contributed by atoms with Crippen LogP contribution in [0.15, 0.2) is 36.4 Å². The molecule has 6 nitrogen and oxygen atoms in total. The lowest BCUT2D eigenvalue weighted by molar-refractivity contribution is -0.126. The van der Waals surface area contributed by atoms with Gasteiger partial charge in [-0.2, -0.15) is 0 Å². The molecule has 2 aromatic rings. The molecule has 2 aliphatic heterocycles. The van der Waals surface area contributed by atoms with E-state index in [0.29, 0.717) is 42.3 Å². The number of carbonyl (C=O) groups is 1. The van der Waals surface area contributed by atoms with Gasteiger partial charge < -0.3 is 20.1 Å². The Morgan fingerprint density at radius 2 is 2.16 bits per heavy atom. The molecule has 4 rings (SSSR count). The largest absolute Gasteiger partial charge is 0.493 e. The minimum Gasteiger partial charge on any atom is -0.493 e. The molecule has 2 aliphatic rings. The first kappa shape index (κ1) is 23.1. The molecular formula is C23H26Cl2FN3O3. The van der Waals surface area contributed by atoms with E-state index in [9.17, 15) is 9.18 Å². The van der Waals surface area contributed by atoms with E-state index < -0.39 is 11.9 Å². The molecule has 0 radical (unpaired) electrons. The predicted octanol–water partition coefficient (Wildman–Crippen LogP) is 4.01. The van der Waals surface area contributed by atoms with Gasteiger partial charge in [-0.1, -0.05) is 23.2 Å². The quantitative estimate of drug-likeness (QED) is 0.527. The molecule has 9 heteroatoms. The van der Waals surface area contributed by atoms with Crippen LogP contribution in [0.25, 0.3) is 0 Å². The second-order valence-corrected chi connectivity index (χ2v) is 8.89. The summed E-state index contributed by atoms with van der Waals surface area (Å²) in [4.78, 5) is 14.9. The molecule has 0 aromatic heterocycles. The highest BCUT2D eigenvalue weighted by Crippen LogP contribution is 2.31. The van der Waals surface area contributed by atoms with Crippen molar-refractivity contribution >= 4 is 34.7 Å². The van der Waals surface area contributed by atoms with E-state index in [1.165, 1.54) is 12.1 Å². The lowest BCUT2D eigenvalue weighted by atomic mass is 10.1. The topological polar surface area (TPSA) is 62.8 Å². The number of Topliss-reactive ketones (excluding diaryl/α,β-unsaturated/α-hetero) is 1. The van der Waals surface area contributed by atoms with Gasteiger partial charge in [0.2, 0.25) is 0 Å². The van der Waals surface area contributed by atoms with Crippen LogP contribution in [0.3, 0.4) is 0 Å². The van der Waals surface area contributed by atoms with Crippen molar-refractivity contribution in [3.8, 4) is 11.5 Å². The number of likely N-dealkylation sites (tertiary alicyclic amines) is 1. The van der Waals surface area contributed by atoms with Gasteiger partial charge in [-0.25, -0.2) is 4.39 Å². The minimum atomic E-state index is -0.495. The van der Waals surface area contributed by atoms with E-state index in [1.807, 2.05) is 0 Å². The number of ketones is 1. The van der Waals surface area contributed by atoms with E-state index in [1.54, 1.807) is 24.3 Å². The molecule has 0 saturated carbocycles. The lowest BCUT2D eigenvalue weighted by Crippen LogP contribution is -2.43. The highest BCUT2D eigenvalue weighted by Gasteiger charge is 2.30. The van der Waals surface area contributed by atoms with E-state index in [4.69, 9.17) is 32.7 Å². The molecule has 1 saturated heterocycles. The molecule has 2 atom stereocenters. The maximum absolute atomic E-state index is 13.4. The van der Waals surface area contributed by atoms with Crippen molar-refractivity contribution in [2.24, 2.45) is 0 Å². The number of nitrogens with one attached hydrogen (secondary N) is 2. The van der Waals surface area contributed by atoms with Gasteiger partial charge in [0.1, 0.15) is 17.3 Å². The number of hydrogen-bond acceptors (Lipinski definition) is 6. The predicted molar refractivity (Wildman–Crippen MR) is 124 cm³/mol. The monoisotopic (exact) mass is 481 g/mol. The van der Waals surface area contributed by atoms with E-state index in [0.717, 1.165) is 38.2 Å². The third kappa shape index (κ3) is 6.04. The molecule has 2 heterocycles. The number of anilines is 1. The molecule has 2 N–H and O–H groups in total. The fourth-order valence-corrected chi connectivity index (χ4v) is 4.21. The second kappa shape index (κ2) is 10.7. The number of rotatable bonds is 9. The zero-order valence-corrected chi connectivity index (χ0v) is 19.1. The molecule has 2 aromatic carbocycles. The van der Waals surface area contributed by atoms with Crippen LogP contribution in [0, 0.1) is 5.82 Å². The Kier molecular flexibility index (Phi) is 7.73. The van der Waals surface area contributed by atoms with Crippen LogP contribution in [-0.2, 0) is 4.79 Å². The number of nitrogens with zero attached hydrogens (tertiary/aromatic N) is 1. The van der Waals surface area contributed by atoms with Gasteiger partial charge in [0.15, 0.2) is 11.9 Å². The first-order valence-electron chi connectivity index (χ1n) is 10.7.